The van der Waals surface area contributed by atoms with Gasteiger partial charge in [0.05, 0.1) is 15.9 Å². The molecule has 2 heterocycles. The zero-order valence-electron chi connectivity index (χ0n) is 9.70. The molecule has 3 aromatic rings. The summed E-state index contributed by atoms with van der Waals surface area (Å²) in [7, 11) is 0. The number of benzene rings is 1. The fourth-order valence-corrected chi connectivity index (χ4v) is 3.57. The number of nitrogen functional groups attached to an aromatic ring is 1. The molecule has 0 spiro atoms. The maximum Gasteiger partial charge on any atom is 0.164 e. The van der Waals surface area contributed by atoms with Crippen molar-refractivity contribution in [3.8, 4) is 6.07 Å². The molecule has 0 aliphatic carbocycles. The van der Waals surface area contributed by atoms with Gasteiger partial charge in [0.25, 0.3) is 0 Å². The van der Waals surface area contributed by atoms with Gasteiger partial charge in [-0.05, 0) is 36.0 Å². The molecule has 0 radical (unpaired) electrons. The average molecular weight is 284 g/mol. The number of rotatable bonds is 2. The predicted molar refractivity (Wildman–Crippen MR) is 77.1 cm³/mol. The van der Waals surface area contributed by atoms with Gasteiger partial charge in [-0.3, -0.25) is 0 Å². The van der Waals surface area contributed by atoms with Crippen molar-refractivity contribution >= 4 is 39.0 Å². The van der Waals surface area contributed by atoms with Crippen LogP contribution < -0.4 is 5.73 Å². The molecule has 6 heteroatoms. The molecule has 0 bridgehead atoms. The van der Waals surface area contributed by atoms with Crippen LogP contribution in [0.2, 0.25) is 0 Å². The van der Waals surface area contributed by atoms with Crippen LogP contribution in [-0.2, 0) is 0 Å². The maximum atomic E-state index is 8.91. The minimum absolute atomic E-state index is 0.256. The topological polar surface area (TPSA) is 75.6 Å². The number of thiazole rings is 1. The van der Waals surface area contributed by atoms with Crippen LogP contribution in [0.5, 0.6) is 0 Å². The normalized spacial score (nSPS) is 10.5. The molecule has 0 fully saturated rings. The van der Waals surface area contributed by atoms with Gasteiger partial charge >= 0.3 is 0 Å². The number of nitriles is 1. The summed E-state index contributed by atoms with van der Waals surface area (Å²) in [5.74, 6) is 0. The van der Waals surface area contributed by atoms with Gasteiger partial charge in [-0.1, -0.05) is 12.1 Å². The van der Waals surface area contributed by atoms with Crippen molar-refractivity contribution in [3.05, 3.63) is 42.1 Å². The van der Waals surface area contributed by atoms with E-state index in [1.54, 1.807) is 23.5 Å². The van der Waals surface area contributed by atoms with Gasteiger partial charge in [0.15, 0.2) is 10.0 Å². The molecule has 0 saturated carbocycles. The van der Waals surface area contributed by atoms with E-state index in [0.29, 0.717) is 5.69 Å². The highest BCUT2D eigenvalue weighted by Gasteiger charge is 2.08. The smallest absolute Gasteiger partial charge is 0.164 e. The Morgan fingerprint density at radius 3 is 2.79 bits per heavy atom. The van der Waals surface area contributed by atoms with Crippen LogP contribution in [0.1, 0.15) is 5.69 Å². The number of aromatic nitrogens is 2. The Labute approximate surface area is 117 Å². The van der Waals surface area contributed by atoms with Gasteiger partial charge in [0.2, 0.25) is 0 Å². The Morgan fingerprint density at radius 1 is 1.16 bits per heavy atom. The van der Waals surface area contributed by atoms with E-state index in [9.17, 15) is 0 Å². The molecule has 0 aliphatic heterocycles. The van der Waals surface area contributed by atoms with Gasteiger partial charge in [0.1, 0.15) is 11.1 Å². The van der Waals surface area contributed by atoms with Crippen LogP contribution in [-0.4, -0.2) is 9.97 Å². The third-order valence-electron chi connectivity index (χ3n) is 2.47. The first-order valence-electron chi connectivity index (χ1n) is 5.46. The molecule has 0 aliphatic rings. The van der Waals surface area contributed by atoms with Gasteiger partial charge < -0.3 is 5.73 Å². The van der Waals surface area contributed by atoms with E-state index in [1.807, 2.05) is 30.3 Å². The zero-order valence-corrected chi connectivity index (χ0v) is 11.3. The van der Waals surface area contributed by atoms with Crippen molar-refractivity contribution in [1.82, 2.24) is 9.97 Å². The molecule has 19 heavy (non-hydrogen) atoms. The lowest BCUT2D eigenvalue weighted by Crippen LogP contribution is -1.94. The first kappa shape index (κ1) is 12.0. The van der Waals surface area contributed by atoms with Gasteiger partial charge in [0, 0.05) is 0 Å². The van der Waals surface area contributed by atoms with Gasteiger partial charge in [-0.15, -0.1) is 11.3 Å². The third kappa shape index (κ3) is 2.38. The monoisotopic (exact) mass is 284 g/mol. The Bertz CT molecular complexity index is 756. The molecule has 4 nitrogen and oxygen atoms in total. The van der Waals surface area contributed by atoms with Crippen LogP contribution in [0.25, 0.3) is 10.2 Å². The second-order valence-electron chi connectivity index (χ2n) is 3.75. The highest BCUT2D eigenvalue weighted by atomic mass is 32.2. The second-order valence-corrected chi connectivity index (χ2v) is 6.05. The van der Waals surface area contributed by atoms with Crippen molar-refractivity contribution in [2.24, 2.45) is 0 Å². The van der Waals surface area contributed by atoms with Crippen LogP contribution in [0.3, 0.4) is 0 Å². The molecule has 3 rings (SSSR count). The van der Waals surface area contributed by atoms with Crippen molar-refractivity contribution in [1.29, 1.82) is 5.26 Å². The molecular formula is C13H8N4S2. The van der Waals surface area contributed by atoms with Crippen molar-refractivity contribution in [3.63, 3.8) is 0 Å². The van der Waals surface area contributed by atoms with Crippen LogP contribution >= 0.6 is 23.1 Å². The van der Waals surface area contributed by atoms with E-state index in [-0.39, 0.29) is 5.69 Å². The largest absolute Gasteiger partial charge is 0.396 e. The Hall–Kier alpha value is -2.10. The number of anilines is 1. The summed E-state index contributed by atoms with van der Waals surface area (Å²) in [6, 6.07) is 13.4. The minimum Gasteiger partial charge on any atom is -0.396 e. The predicted octanol–water partition coefficient (Wildman–Crippen LogP) is 3.30. The number of pyridine rings is 1. The fraction of sp³-hybridized carbons (Fsp3) is 0. The number of fused-ring (bicyclic) bond motifs is 1. The number of hydrogen-bond acceptors (Lipinski definition) is 6. The average Bonchev–Trinajstić information content (AvgIpc) is 2.83. The van der Waals surface area contributed by atoms with E-state index in [2.05, 4.69) is 9.97 Å². The molecule has 0 unspecified atom stereocenters. The van der Waals surface area contributed by atoms with E-state index in [1.165, 1.54) is 11.8 Å². The number of hydrogen-bond donors (Lipinski definition) is 1. The zero-order chi connectivity index (χ0) is 13.2. The summed E-state index contributed by atoms with van der Waals surface area (Å²) < 4.78 is 2.04. The Morgan fingerprint density at radius 2 is 2.00 bits per heavy atom. The fourth-order valence-electron chi connectivity index (χ4n) is 1.58. The number of nitrogens with zero attached hydrogens (tertiary/aromatic N) is 3. The van der Waals surface area contributed by atoms with Crippen LogP contribution in [0, 0.1) is 11.3 Å². The lowest BCUT2D eigenvalue weighted by molar-refractivity contribution is 1.10. The van der Waals surface area contributed by atoms with E-state index in [0.717, 1.165) is 19.6 Å². The first-order chi connectivity index (χ1) is 9.26. The summed E-state index contributed by atoms with van der Waals surface area (Å²) in [5, 5.41) is 9.64. The van der Waals surface area contributed by atoms with Crippen LogP contribution in [0.4, 0.5) is 5.69 Å². The Balaban J connectivity index is 1.94. The van der Waals surface area contributed by atoms with Crippen molar-refractivity contribution in [2.75, 3.05) is 5.73 Å². The quantitative estimate of drug-likeness (QED) is 0.781. The molecule has 1 aromatic carbocycles. The molecule has 92 valence electrons. The molecule has 0 atom stereocenters. The molecule has 0 saturated heterocycles. The minimum atomic E-state index is 0.256. The standard InChI is InChI=1S/C13H8N4S2/c14-7-10-8(15)5-6-12(16-10)19-13-17-9-3-1-2-4-11(9)18-13/h1-6H,15H2. The highest BCUT2D eigenvalue weighted by Crippen LogP contribution is 2.33. The summed E-state index contributed by atoms with van der Waals surface area (Å²) >= 11 is 3.05. The van der Waals surface area contributed by atoms with Gasteiger partial charge in [-0.25, -0.2) is 9.97 Å². The molecule has 2 N–H and O–H groups in total. The highest BCUT2D eigenvalue weighted by molar-refractivity contribution is 8.01. The van der Waals surface area contributed by atoms with Crippen LogP contribution in [0.15, 0.2) is 45.8 Å². The van der Waals surface area contributed by atoms with E-state index >= 15 is 0 Å². The van der Waals surface area contributed by atoms with E-state index < -0.39 is 0 Å². The second kappa shape index (κ2) is 4.88. The summed E-state index contributed by atoms with van der Waals surface area (Å²) in [4.78, 5) is 8.71. The van der Waals surface area contributed by atoms with Crippen molar-refractivity contribution in [2.45, 2.75) is 9.37 Å². The summed E-state index contributed by atoms with van der Waals surface area (Å²) in [5.41, 5.74) is 7.28. The summed E-state index contributed by atoms with van der Waals surface area (Å²) in [6.45, 7) is 0. The lowest BCUT2D eigenvalue weighted by Gasteiger charge is -1.99. The van der Waals surface area contributed by atoms with Gasteiger partial charge in [-0.2, -0.15) is 5.26 Å². The molecular weight excluding hydrogens is 276 g/mol. The Kier molecular flexibility index (Phi) is 3.07. The number of para-hydroxylation sites is 1. The van der Waals surface area contributed by atoms with E-state index in [4.69, 9.17) is 11.0 Å². The SMILES string of the molecule is N#Cc1nc(Sc2nc3ccccc3s2)ccc1N. The maximum absolute atomic E-state index is 8.91. The number of nitrogens with two attached hydrogens (primary N) is 1. The van der Waals surface area contributed by atoms with Crippen molar-refractivity contribution < 1.29 is 0 Å². The first-order valence-corrected chi connectivity index (χ1v) is 7.09. The third-order valence-corrected chi connectivity index (χ3v) is 4.51. The summed E-state index contributed by atoms with van der Waals surface area (Å²) in [6.07, 6.45) is 0. The molecule has 2 aromatic heterocycles. The molecule has 0 amide bonds. The lowest BCUT2D eigenvalue weighted by atomic mass is 10.3.